The highest BCUT2D eigenvalue weighted by atomic mass is 35.5. The molecule has 0 aliphatic heterocycles. The summed E-state index contributed by atoms with van der Waals surface area (Å²) in [7, 11) is 1.70. The minimum atomic E-state index is 0. The molecule has 2 N–H and O–H groups in total. The van der Waals surface area contributed by atoms with E-state index in [9.17, 15) is 0 Å². The SMILES string of the molecule is COc1cc(CN(CCN)c2nc3ccccc3s2)ccc1OC1CCCC1.Cl. The topological polar surface area (TPSA) is 60.6 Å². The molecule has 29 heavy (non-hydrogen) atoms. The fraction of sp³-hybridized carbons (Fsp3) is 0.409. The Morgan fingerprint density at radius 1 is 1.14 bits per heavy atom. The molecule has 3 aromatic rings. The molecule has 0 unspecified atom stereocenters. The first-order valence-corrected chi connectivity index (χ1v) is 10.7. The summed E-state index contributed by atoms with van der Waals surface area (Å²) in [5.74, 6) is 1.63. The van der Waals surface area contributed by atoms with E-state index in [0.29, 0.717) is 12.6 Å². The second-order valence-electron chi connectivity index (χ2n) is 7.18. The quantitative estimate of drug-likeness (QED) is 0.540. The maximum atomic E-state index is 6.16. The van der Waals surface area contributed by atoms with Crippen LogP contribution in [0.3, 0.4) is 0 Å². The number of halogens is 1. The van der Waals surface area contributed by atoms with E-state index in [1.165, 1.54) is 17.5 Å². The van der Waals surface area contributed by atoms with Gasteiger partial charge in [0.2, 0.25) is 0 Å². The van der Waals surface area contributed by atoms with Crippen molar-refractivity contribution in [1.82, 2.24) is 4.98 Å². The van der Waals surface area contributed by atoms with E-state index in [1.54, 1.807) is 18.4 Å². The van der Waals surface area contributed by atoms with Gasteiger partial charge in [0.1, 0.15) is 0 Å². The largest absolute Gasteiger partial charge is 0.493 e. The number of benzene rings is 2. The Labute approximate surface area is 182 Å². The number of thiazole rings is 1. The standard InChI is InChI=1S/C22H27N3O2S.ClH/c1-26-20-14-16(10-11-19(20)27-17-6-2-3-7-17)15-25(13-12-23)22-24-18-8-4-5-9-21(18)28-22;/h4-5,8-11,14,17H,2-3,6-7,12-13,15,23H2,1H3;1H. The summed E-state index contributed by atoms with van der Waals surface area (Å²) < 4.78 is 13.0. The number of nitrogens with zero attached hydrogens (tertiary/aromatic N) is 2. The number of methoxy groups -OCH3 is 1. The average Bonchev–Trinajstić information content (AvgIpc) is 3.38. The molecule has 1 aliphatic carbocycles. The molecule has 1 heterocycles. The molecule has 1 aromatic heterocycles. The smallest absolute Gasteiger partial charge is 0.186 e. The lowest BCUT2D eigenvalue weighted by molar-refractivity contribution is 0.200. The van der Waals surface area contributed by atoms with Crippen LogP contribution in [0, 0.1) is 0 Å². The van der Waals surface area contributed by atoms with Crippen molar-refractivity contribution in [3.8, 4) is 11.5 Å². The molecule has 1 aliphatic rings. The summed E-state index contributed by atoms with van der Waals surface area (Å²) in [6.45, 7) is 2.06. The number of nitrogens with two attached hydrogens (primary N) is 1. The maximum absolute atomic E-state index is 6.16. The van der Waals surface area contributed by atoms with Crippen LogP contribution in [0.5, 0.6) is 11.5 Å². The number of ether oxygens (including phenoxy) is 2. The van der Waals surface area contributed by atoms with Gasteiger partial charge in [-0.05, 0) is 55.5 Å². The van der Waals surface area contributed by atoms with Crippen LogP contribution in [0.15, 0.2) is 42.5 Å². The van der Waals surface area contributed by atoms with E-state index in [2.05, 4.69) is 23.1 Å². The summed E-state index contributed by atoms with van der Waals surface area (Å²) in [6, 6.07) is 14.4. The second-order valence-corrected chi connectivity index (χ2v) is 8.19. The highest BCUT2D eigenvalue weighted by molar-refractivity contribution is 7.22. The predicted molar refractivity (Wildman–Crippen MR) is 123 cm³/mol. The number of anilines is 1. The maximum Gasteiger partial charge on any atom is 0.186 e. The summed E-state index contributed by atoms with van der Waals surface area (Å²) in [5, 5.41) is 0.997. The third-order valence-electron chi connectivity index (χ3n) is 5.15. The van der Waals surface area contributed by atoms with Gasteiger partial charge in [-0.2, -0.15) is 0 Å². The van der Waals surface area contributed by atoms with Crippen LogP contribution in [0.2, 0.25) is 0 Å². The molecule has 1 saturated carbocycles. The Balaban J connectivity index is 0.00000240. The van der Waals surface area contributed by atoms with Crippen LogP contribution >= 0.6 is 23.7 Å². The van der Waals surface area contributed by atoms with E-state index in [0.717, 1.165) is 53.6 Å². The van der Waals surface area contributed by atoms with Crippen LogP contribution < -0.4 is 20.1 Å². The van der Waals surface area contributed by atoms with E-state index >= 15 is 0 Å². The highest BCUT2D eigenvalue weighted by Crippen LogP contribution is 2.34. The summed E-state index contributed by atoms with van der Waals surface area (Å²) >= 11 is 1.70. The molecule has 4 rings (SSSR count). The summed E-state index contributed by atoms with van der Waals surface area (Å²) in [6.07, 6.45) is 5.08. The molecule has 0 atom stereocenters. The Hall–Kier alpha value is -2.02. The minimum absolute atomic E-state index is 0. The number of aromatic nitrogens is 1. The lowest BCUT2D eigenvalue weighted by Crippen LogP contribution is -2.28. The third-order valence-corrected chi connectivity index (χ3v) is 6.25. The van der Waals surface area contributed by atoms with Gasteiger partial charge in [0.05, 0.1) is 23.4 Å². The van der Waals surface area contributed by atoms with Gasteiger partial charge in [-0.3, -0.25) is 0 Å². The molecule has 0 bridgehead atoms. The van der Waals surface area contributed by atoms with Gasteiger partial charge in [-0.1, -0.05) is 29.5 Å². The first-order chi connectivity index (χ1) is 13.8. The van der Waals surface area contributed by atoms with E-state index in [-0.39, 0.29) is 12.4 Å². The molecular formula is C22H28ClN3O2S. The summed E-state index contributed by atoms with van der Waals surface area (Å²) in [5.41, 5.74) is 8.06. The van der Waals surface area contributed by atoms with E-state index < -0.39 is 0 Å². The van der Waals surface area contributed by atoms with Gasteiger partial charge in [0.15, 0.2) is 16.6 Å². The first-order valence-electron chi connectivity index (χ1n) is 9.91. The highest BCUT2D eigenvalue weighted by Gasteiger charge is 2.19. The van der Waals surface area contributed by atoms with Crippen LogP contribution in [-0.2, 0) is 6.54 Å². The zero-order chi connectivity index (χ0) is 19.3. The van der Waals surface area contributed by atoms with Crippen molar-refractivity contribution in [3.63, 3.8) is 0 Å². The Kier molecular flexibility index (Phi) is 7.58. The van der Waals surface area contributed by atoms with Crippen LogP contribution in [0.4, 0.5) is 5.13 Å². The molecule has 2 aromatic carbocycles. The molecular weight excluding hydrogens is 406 g/mol. The number of fused-ring (bicyclic) bond motifs is 1. The second kappa shape index (κ2) is 10.1. The number of rotatable bonds is 8. The fourth-order valence-electron chi connectivity index (χ4n) is 3.71. The summed E-state index contributed by atoms with van der Waals surface area (Å²) in [4.78, 5) is 7.02. The zero-order valence-corrected chi connectivity index (χ0v) is 18.3. The van der Waals surface area contributed by atoms with Crippen molar-refractivity contribution in [1.29, 1.82) is 0 Å². The molecule has 7 heteroatoms. The monoisotopic (exact) mass is 433 g/mol. The van der Waals surface area contributed by atoms with Gasteiger partial charge in [0.25, 0.3) is 0 Å². The predicted octanol–water partition coefficient (Wildman–Crippen LogP) is 5.01. The van der Waals surface area contributed by atoms with Crippen LogP contribution in [-0.4, -0.2) is 31.3 Å². The van der Waals surface area contributed by atoms with Crippen molar-refractivity contribution in [3.05, 3.63) is 48.0 Å². The molecule has 5 nitrogen and oxygen atoms in total. The molecule has 0 spiro atoms. The lowest BCUT2D eigenvalue weighted by atomic mass is 10.2. The number of para-hydroxylation sites is 1. The van der Waals surface area contributed by atoms with Crippen LogP contribution in [0.1, 0.15) is 31.2 Å². The minimum Gasteiger partial charge on any atom is -0.493 e. The van der Waals surface area contributed by atoms with Crippen molar-refractivity contribution in [2.75, 3.05) is 25.1 Å². The third kappa shape index (κ3) is 5.13. The van der Waals surface area contributed by atoms with Crippen molar-refractivity contribution >= 4 is 39.1 Å². The van der Waals surface area contributed by atoms with Crippen molar-refractivity contribution in [2.24, 2.45) is 5.73 Å². The average molecular weight is 434 g/mol. The lowest BCUT2D eigenvalue weighted by Gasteiger charge is -2.22. The van der Waals surface area contributed by atoms with Gasteiger partial charge in [-0.25, -0.2) is 4.98 Å². The first kappa shape index (κ1) is 21.7. The van der Waals surface area contributed by atoms with Gasteiger partial charge < -0.3 is 20.1 Å². The Morgan fingerprint density at radius 3 is 2.66 bits per heavy atom. The molecule has 0 amide bonds. The van der Waals surface area contributed by atoms with Gasteiger partial charge in [-0.15, -0.1) is 12.4 Å². The number of hydrogen-bond donors (Lipinski definition) is 1. The normalized spacial score (nSPS) is 14.0. The van der Waals surface area contributed by atoms with E-state index in [1.807, 2.05) is 24.3 Å². The number of hydrogen-bond acceptors (Lipinski definition) is 6. The van der Waals surface area contributed by atoms with Gasteiger partial charge >= 0.3 is 0 Å². The molecule has 1 fully saturated rings. The van der Waals surface area contributed by atoms with Crippen molar-refractivity contribution in [2.45, 2.75) is 38.3 Å². The van der Waals surface area contributed by atoms with Gasteiger partial charge in [0, 0.05) is 19.6 Å². The molecule has 0 saturated heterocycles. The van der Waals surface area contributed by atoms with E-state index in [4.69, 9.17) is 20.2 Å². The fourth-order valence-corrected chi connectivity index (χ4v) is 4.70. The Morgan fingerprint density at radius 2 is 1.93 bits per heavy atom. The zero-order valence-electron chi connectivity index (χ0n) is 16.7. The molecule has 156 valence electrons. The Bertz CT molecular complexity index is 894. The van der Waals surface area contributed by atoms with Crippen molar-refractivity contribution < 1.29 is 9.47 Å². The molecule has 0 radical (unpaired) electrons. The van der Waals surface area contributed by atoms with Crippen LogP contribution in [0.25, 0.3) is 10.2 Å².